The second-order valence-corrected chi connectivity index (χ2v) is 5.94. The highest BCUT2D eigenvalue weighted by atomic mass is 16.2. The van der Waals surface area contributed by atoms with Crippen molar-refractivity contribution in [1.29, 1.82) is 0 Å². The topological polar surface area (TPSA) is 113 Å². The number of hydrogen-bond donors (Lipinski definition) is 3. The van der Waals surface area contributed by atoms with Gasteiger partial charge in [-0.2, -0.15) is 0 Å². The minimum absolute atomic E-state index is 0.0740. The van der Waals surface area contributed by atoms with Crippen molar-refractivity contribution in [3.05, 3.63) is 44.5 Å². The first kappa shape index (κ1) is 18.4. The number of benzene rings is 1. The Hall–Kier alpha value is -2.90. The second-order valence-electron chi connectivity index (χ2n) is 5.94. The van der Waals surface area contributed by atoms with Gasteiger partial charge >= 0.3 is 11.1 Å². The summed E-state index contributed by atoms with van der Waals surface area (Å²) >= 11 is 0. The average Bonchev–Trinajstić information content (AvgIpc) is 2.58. The van der Waals surface area contributed by atoms with E-state index in [2.05, 4.69) is 15.6 Å². The van der Waals surface area contributed by atoms with Gasteiger partial charge in [0.25, 0.3) is 5.91 Å². The number of rotatable bonds is 6. The lowest BCUT2D eigenvalue weighted by molar-refractivity contribution is -0.123. The third-order valence-corrected chi connectivity index (χ3v) is 3.79. The zero-order chi connectivity index (χ0) is 18.6. The van der Waals surface area contributed by atoms with Gasteiger partial charge in [0.05, 0.1) is 11.0 Å². The maximum Gasteiger partial charge on any atom is 0.316 e. The van der Waals surface area contributed by atoms with E-state index in [0.717, 1.165) is 0 Å². The van der Waals surface area contributed by atoms with Gasteiger partial charge in [0.15, 0.2) is 0 Å². The van der Waals surface area contributed by atoms with Crippen LogP contribution in [0, 0.1) is 5.92 Å². The molecule has 0 unspecified atom stereocenters. The Bertz CT molecular complexity index is 911. The van der Waals surface area contributed by atoms with Crippen LogP contribution in [0.4, 0.5) is 0 Å². The van der Waals surface area contributed by atoms with E-state index in [-0.39, 0.29) is 17.7 Å². The molecule has 0 aliphatic carbocycles. The molecule has 0 saturated carbocycles. The van der Waals surface area contributed by atoms with E-state index >= 15 is 0 Å². The summed E-state index contributed by atoms with van der Waals surface area (Å²) in [7, 11) is 0. The molecule has 2 amide bonds. The Morgan fingerprint density at radius 3 is 2.48 bits per heavy atom. The standard InChI is InChI=1S/C17H22N4O4/c1-4-21-13-6-5-11(9-12(13)20-16(24)17(21)25)15(23)19-8-7-18-14(22)10(2)3/h5-6,9-10H,4,7-8H2,1-3H3,(H,18,22)(H,19,23)(H,20,24). The van der Waals surface area contributed by atoms with Gasteiger partial charge in [-0.3, -0.25) is 19.2 Å². The van der Waals surface area contributed by atoms with E-state index in [1.165, 1.54) is 10.6 Å². The molecule has 0 atom stereocenters. The van der Waals surface area contributed by atoms with E-state index in [0.29, 0.717) is 36.2 Å². The van der Waals surface area contributed by atoms with Crippen molar-refractivity contribution in [2.75, 3.05) is 13.1 Å². The average molecular weight is 346 g/mol. The van der Waals surface area contributed by atoms with E-state index in [4.69, 9.17) is 0 Å². The van der Waals surface area contributed by atoms with Crippen LogP contribution in [0.1, 0.15) is 31.1 Å². The predicted octanol–water partition coefficient (Wildman–Crippen LogP) is 0.212. The summed E-state index contributed by atoms with van der Waals surface area (Å²) in [6.07, 6.45) is 0. The second kappa shape index (κ2) is 7.78. The van der Waals surface area contributed by atoms with Crippen molar-refractivity contribution < 1.29 is 9.59 Å². The minimum atomic E-state index is -0.719. The fourth-order valence-electron chi connectivity index (χ4n) is 2.40. The zero-order valence-corrected chi connectivity index (χ0v) is 14.5. The molecule has 0 aliphatic rings. The molecule has 0 radical (unpaired) electrons. The van der Waals surface area contributed by atoms with Crippen molar-refractivity contribution in [3.8, 4) is 0 Å². The fourth-order valence-corrected chi connectivity index (χ4v) is 2.40. The lowest BCUT2D eigenvalue weighted by Gasteiger charge is -2.10. The number of carbonyl (C=O) groups is 2. The van der Waals surface area contributed by atoms with E-state index in [1.807, 2.05) is 0 Å². The molecule has 3 N–H and O–H groups in total. The summed E-state index contributed by atoms with van der Waals surface area (Å²) in [6, 6.07) is 4.75. The van der Waals surface area contributed by atoms with Crippen LogP contribution in [0.15, 0.2) is 27.8 Å². The first-order valence-electron chi connectivity index (χ1n) is 8.18. The van der Waals surface area contributed by atoms with Crippen molar-refractivity contribution in [3.63, 3.8) is 0 Å². The minimum Gasteiger partial charge on any atom is -0.354 e. The Labute approximate surface area is 144 Å². The summed E-state index contributed by atoms with van der Waals surface area (Å²) < 4.78 is 1.36. The van der Waals surface area contributed by atoms with Crippen LogP contribution in [0.5, 0.6) is 0 Å². The quantitative estimate of drug-likeness (QED) is 0.512. The molecule has 2 rings (SSSR count). The summed E-state index contributed by atoms with van der Waals surface area (Å²) in [6.45, 7) is 6.34. The number of amides is 2. The van der Waals surface area contributed by atoms with Gasteiger partial charge in [0.2, 0.25) is 5.91 Å². The monoisotopic (exact) mass is 346 g/mol. The summed E-state index contributed by atoms with van der Waals surface area (Å²) in [5.41, 5.74) is 0.0103. The molecule has 1 aromatic heterocycles. The molecule has 8 nitrogen and oxygen atoms in total. The highest BCUT2D eigenvalue weighted by Crippen LogP contribution is 2.11. The van der Waals surface area contributed by atoms with Gasteiger partial charge in [0, 0.05) is 31.1 Å². The van der Waals surface area contributed by atoms with Gasteiger partial charge in [-0.1, -0.05) is 13.8 Å². The van der Waals surface area contributed by atoms with Crippen molar-refractivity contribution in [2.24, 2.45) is 5.92 Å². The van der Waals surface area contributed by atoms with Crippen LogP contribution in [0.25, 0.3) is 11.0 Å². The largest absolute Gasteiger partial charge is 0.354 e. The highest BCUT2D eigenvalue weighted by molar-refractivity contribution is 5.97. The van der Waals surface area contributed by atoms with E-state index in [1.54, 1.807) is 32.9 Å². The molecule has 0 fully saturated rings. The van der Waals surface area contributed by atoms with Crippen molar-refractivity contribution >= 4 is 22.8 Å². The van der Waals surface area contributed by atoms with Crippen LogP contribution in [-0.4, -0.2) is 34.5 Å². The first-order valence-corrected chi connectivity index (χ1v) is 8.18. The number of aromatic amines is 1. The Balaban J connectivity index is 2.12. The summed E-state index contributed by atoms with van der Waals surface area (Å²) in [5, 5.41) is 5.41. The smallest absolute Gasteiger partial charge is 0.316 e. The molecule has 2 aromatic rings. The molecular weight excluding hydrogens is 324 g/mol. The maximum atomic E-state index is 12.2. The third-order valence-electron chi connectivity index (χ3n) is 3.79. The lowest BCUT2D eigenvalue weighted by atomic mass is 10.1. The molecular formula is C17H22N4O4. The van der Waals surface area contributed by atoms with Gasteiger partial charge in [-0.05, 0) is 25.1 Å². The molecule has 0 aliphatic heterocycles. The molecule has 0 spiro atoms. The van der Waals surface area contributed by atoms with Crippen LogP contribution < -0.4 is 21.8 Å². The molecule has 8 heteroatoms. The van der Waals surface area contributed by atoms with Crippen LogP contribution in [-0.2, 0) is 11.3 Å². The summed E-state index contributed by atoms with van der Waals surface area (Å²) in [4.78, 5) is 49.6. The van der Waals surface area contributed by atoms with E-state index < -0.39 is 11.1 Å². The van der Waals surface area contributed by atoms with Gasteiger partial charge in [-0.25, -0.2) is 0 Å². The number of nitrogens with zero attached hydrogens (tertiary/aromatic N) is 1. The third kappa shape index (κ3) is 4.14. The maximum absolute atomic E-state index is 12.2. The fraction of sp³-hybridized carbons (Fsp3) is 0.412. The molecule has 1 heterocycles. The number of H-pyrrole nitrogens is 1. The lowest BCUT2D eigenvalue weighted by Crippen LogP contribution is -2.37. The molecule has 0 bridgehead atoms. The van der Waals surface area contributed by atoms with Gasteiger partial charge in [-0.15, -0.1) is 0 Å². The number of aromatic nitrogens is 2. The van der Waals surface area contributed by atoms with Gasteiger partial charge < -0.3 is 20.2 Å². The predicted molar refractivity (Wildman–Crippen MR) is 94.7 cm³/mol. The normalized spacial score (nSPS) is 10.9. The number of nitrogens with one attached hydrogen (secondary N) is 3. The van der Waals surface area contributed by atoms with Crippen molar-refractivity contribution in [2.45, 2.75) is 27.3 Å². The highest BCUT2D eigenvalue weighted by Gasteiger charge is 2.11. The zero-order valence-electron chi connectivity index (χ0n) is 14.5. The van der Waals surface area contributed by atoms with Gasteiger partial charge in [0.1, 0.15) is 0 Å². The Morgan fingerprint density at radius 1 is 1.16 bits per heavy atom. The van der Waals surface area contributed by atoms with E-state index in [9.17, 15) is 19.2 Å². The molecule has 0 saturated heterocycles. The number of carbonyl (C=O) groups excluding carboxylic acids is 2. The number of aryl methyl sites for hydroxylation is 1. The van der Waals surface area contributed by atoms with Crippen LogP contribution in [0.3, 0.4) is 0 Å². The number of fused-ring (bicyclic) bond motifs is 1. The Kier molecular flexibility index (Phi) is 5.74. The van der Waals surface area contributed by atoms with Crippen LogP contribution >= 0.6 is 0 Å². The Morgan fingerprint density at radius 2 is 1.84 bits per heavy atom. The van der Waals surface area contributed by atoms with Crippen molar-refractivity contribution in [1.82, 2.24) is 20.2 Å². The number of hydrogen-bond acceptors (Lipinski definition) is 4. The molecule has 25 heavy (non-hydrogen) atoms. The SMILES string of the molecule is CCn1c(=O)c(=O)[nH]c2cc(C(=O)NCCNC(=O)C(C)C)ccc21. The van der Waals surface area contributed by atoms with Crippen LogP contribution in [0.2, 0.25) is 0 Å². The summed E-state index contributed by atoms with van der Waals surface area (Å²) in [5.74, 6) is -0.505. The first-order chi connectivity index (χ1) is 11.8. The molecule has 1 aromatic carbocycles. The molecule has 134 valence electrons.